The van der Waals surface area contributed by atoms with Crippen molar-refractivity contribution in [3.8, 4) is 0 Å². The van der Waals surface area contributed by atoms with Gasteiger partial charge in [0, 0.05) is 6.54 Å². The Morgan fingerprint density at radius 1 is 1.11 bits per heavy atom. The van der Waals surface area contributed by atoms with Gasteiger partial charge in [-0.15, -0.1) is 0 Å². The molecular weight excluding hydrogens is 249 g/mol. The van der Waals surface area contributed by atoms with Crippen molar-refractivity contribution in [1.29, 1.82) is 0 Å². The van der Waals surface area contributed by atoms with Crippen LogP contribution in [0, 0.1) is 5.82 Å². The monoisotopic (exact) mass is 261 g/mol. The van der Waals surface area contributed by atoms with Gasteiger partial charge >= 0.3 is 0 Å². The Hall–Kier alpha value is -1.80. The van der Waals surface area contributed by atoms with E-state index < -0.39 is 0 Å². The molecule has 0 heterocycles. The summed E-state index contributed by atoms with van der Waals surface area (Å²) in [6.45, 7) is 4.42. The molecule has 1 N–H and O–H groups in total. The minimum Gasteiger partial charge on any atom is -0.377 e. The minimum atomic E-state index is -0.358. The molecule has 0 saturated heterocycles. The molecule has 2 aromatic carbocycles. The fraction of sp³-hybridized carbons (Fsp3) is 0.0667. The van der Waals surface area contributed by atoms with Gasteiger partial charge in [0.2, 0.25) is 0 Å². The first-order valence-electron chi connectivity index (χ1n) is 5.59. The third-order valence-electron chi connectivity index (χ3n) is 2.62. The van der Waals surface area contributed by atoms with Gasteiger partial charge in [-0.3, -0.25) is 0 Å². The average molecular weight is 262 g/mol. The summed E-state index contributed by atoms with van der Waals surface area (Å²) in [7, 11) is 0. The quantitative estimate of drug-likeness (QED) is 0.848. The maximum atomic E-state index is 13.5. The van der Waals surface area contributed by atoms with Crippen molar-refractivity contribution in [1.82, 2.24) is 0 Å². The summed E-state index contributed by atoms with van der Waals surface area (Å²) in [5, 5.41) is 3.34. The highest BCUT2D eigenvalue weighted by Gasteiger charge is 2.06. The zero-order valence-corrected chi connectivity index (χ0v) is 10.5. The van der Waals surface area contributed by atoms with Crippen LogP contribution in [0.4, 0.5) is 10.1 Å². The minimum absolute atomic E-state index is 0.316. The SMILES string of the molecule is C=C(CNc1c(F)cccc1Cl)c1ccccc1. The van der Waals surface area contributed by atoms with Crippen molar-refractivity contribution in [2.45, 2.75) is 0 Å². The summed E-state index contributed by atoms with van der Waals surface area (Å²) in [5.41, 5.74) is 2.23. The first kappa shape index (κ1) is 12.7. The molecule has 18 heavy (non-hydrogen) atoms. The molecule has 0 spiro atoms. The largest absolute Gasteiger partial charge is 0.377 e. The molecule has 0 fully saturated rings. The lowest BCUT2D eigenvalue weighted by Gasteiger charge is -2.11. The highest BCUT2D eigenvalue weighted by molar-refractivity contribution is 6.33. The molecule has 2 aromatic rings. The molecule has 0 atom stereocenters. The van der Waals surface area contributed by atoms with Crippen molar-refractivity contribution in [3.63, 3.8) is 0 Å². The van der Waals surface area contributed by atoms with Crippen LogP contribution in [0.15, 0.2) is 55.1 Å². The lowest BCUT2D eigenvalue weighted by Crippen LogP contribution is -2.05. The number of halogens is 2. The van der Waals surface area contributed by atoms with Crippen molar-refractivity contribution in [2.75, 3.05) is 11.9 Å². The molecule has 3 heteroatoms. The van der Waals surface area contributed by atoms with E-state index in [-0.39, 0.29) is 5.82 Å². The lowest BCUT2D eigenvalue weighted by atomic mass is 10.1. The summed E-state index contributed by atoms with van der Waals surface area (Å²) in [6, 6.07) is 14.4. The maximum Gasteiger partial charge on any atom is 0.147 e. The van der Waals surface area contributed by atoms with E-state index >= 15 is 0 Å². The first-order valence-corrected chi connectivity index (χ1v) is 5.97. The lowest BCUT2D eigenvalue weighted by molar-refractivity contribution is 0.631. The van der Waals surface area contributed by atoms with Gasteiger partial charge in [-0.2, -0.15) is 0 Å². The van der Waals surface area contributed by atoms with Crippen molar-refractivity contribution >= 4 is 22.9 Å². The molecule has 0 unspecified atom stereocenters. The number of hydrogen-bond donors (Lipinski definition) is 1. The number of benzene rings is 2. The van der Waals surface area contributed by atoms with Crippen LogP contribution in [0.1, 0.15) is 5.56 Å². The van der Waals surface area contributed by atoms with E-state index in [1.807, 2.05) is 30.3 Å². The zero-order chi connectivity index (χ0) is 13.0. The second kappa shape index (κ2) is 5.69. The standard InChI is InChI=1S/C15H13ClFN/c1-11(12-6-3-2-4-7-12)10-18-15-13(16)8-5-9-14(15)17/h2-9,18H,1,10H2. The smallest absolute Gasteiger partial charge is 0.147 e. The Kier molecular flexibility index (Phi) is 4.00. The number of nitrogens with one attached hydrogen (secondary N) is 1. The fourth-order valence-corrected chi connectivity index (χ4v) is 1.87. The summed E-state index contributed by atoms with van der Waals surface area (Å²) < 4.78 is 13.5. The van der Waals surface area contributed by atoms with Gasteiger partial charge in [0.25, 0.3) is 0 Å². The molecule has 2 rings (SSSR count). The van der Waals surface area contributed by atoms with Crippen molar-refractivity contribution in [2.24, 2.45) is 0 Å². The fourth-order valence-electron chi connectivity index (χ4n) is 1.64. The predicted molar refractivity (Wildman–Crippen MR) is 75.4 cm³/mol. The molecule has 0 aliphatic carbocycles. The Labute approximate surface area is 111 Å². The summed E-state index contributed by atoms with van der Waals surface area (Å²) in [6.07, 6.45) is 0. The Morgan fingerprint density at radius 2 is 1.83 bits per heavy atom. The normalized spacial score (nSPS) is 10.1. The van der Waals surface area contributed by atoms with Gasteiger partial charge in [0.1, 0.15) is 5.82 Å². The molecule has 0 radical (unpaired) electrons. The third kappa shape index (κ3) is 2.90. The highest BCUT2D eigenvalue weighted by Crippen LogP contribution is 2.25. The van der Waals surface area contributed by atoms with E-state index in [1.165, 1.54) is 6.07 Å². The van der Waals surface area contributed by atoms with Crippen LogP contribution in [-0.2, 0) is 0 Å². The molecule has 0 aliphatic heterocycles. The summed E-state index contributed by atoms with van der Waals surface area (Å²) >= 11 is 5.93. The van der Waals surface area contributed by atoms with Gasteiger partial charge in [-0.05, 0) is 23.3 Å². The van der Waals surface area contributed by atoms with Crippen LogP contribution >= 0.6 is 11.6 Å². The van der Waals surface area contributed by atoms with Crippen LogP contribution in [0.3, 0.4) is 0 Å². The van der Waals surface area contributed by atoms with Gasteiger partial charge in [0.05, 0.1) is 10.7 Å². The third-order valence-corrected chi connectivity index (χ3v) is 2.94. The van der Waals surface area contributed by atoms with Crippen LogP contribution < -0.4 is 5.32 Å². The Morgan fingerprint density at radius 3 is 2.50 bits per heavy atom. The molecule has 0 saturated carbocycles. The molecule has 0 bridgehead atoms. The van der Waals surface area contributed by atoms with Gasteiger partial charge in [0.15, 0.2) is 0 Å². The van der Waals surface area contributed by atoms with Crippen LogP contribution in [-0.4, -0.2) is 6.54 Å². The zero-order valence-electron chi connectivity index (χ0n) is 9.79. The number of rotatable bonds is 4. The predicted octanol–water partition coefficient (Wildman–Crippen LogP) is 4.60. The Bertz CT molecular complexity index is 531. The van der Waals surface area contributed by atoms with E-state index in [2.05, 4.69) is 11.9 Å². The van der Waals surface area contributed by atoms with Crippen LogP contribution in [0.5, 0.6) is 0 Å². The van der Waals surface area contributed by atoms with E-state index in [9.17, 15) is 4.39 Å². The van der Waals surface area contributed by atoms with Crippen molar-refractivity contribution < 1.29 is 4.39 Å². The molecule has 92 valence electrons. The van der Waals surface area contributed by atoms with Crippen LogP contribution in [0.2, 0.25) is 5.02 Å². The van der Waals surface area contributed by atoms with E-state index in [0.717, 1.165) is 11.1 Å². The van der Waals surface area contributed by atoms with Gasteiger partial charge in [-0.1, -0.05) is 54.6 Å². The number of hydrogen-bond acceptors (Lipinski definition) is 1. The molecular formula is C15H13ClFN. The first-order chi connectivity index (χ1) is 8.68. The number of anilines is 1. The van der Waals surface area contributed by atoms with Gasteiger partial charge in [-0.25, -0.2) is 4.39 Å². The second-order valence-electron chi connectivity index (χ2n) is 3.92. The molecule has 0 aromatic heterocycles. The molecule has 0 amide bonds. The molecule has 0 aliphatic rings. The summed E-state index contributed by atoms with van der Waals surface area (Å²) in [5.74, 6) is -0.358. The van der Waals surface area contributed by atoms with E-state index in [0.29, 0.717) is 17.3 Å². The average Bonchev–Trinajstić information content (AvgIpc) is 2.39. The highest BCUT2D eigenvalue weighted by atomic mass is 35.5. The summed E-state index contributed by atoms with van der Waals surface area (Å²) in [4.78, 5) is 0. The molecule has 1 nitrogen and oxygen atoms in total. The maximum absolute atomic E-state index is 13.5. The number of para-hydroxylation sites is 1. The van der Waals surface area contributed by atoms with Gasteiger partial charge < -0.3 is 5.32 Å². The Balaban J connectivity index is 2.07. The second-order valence-corrected chi connectivity index (χ2v) is 4.33. The van der Waals surface area contributed by atoms with E-state index in [4.69, 9.17) is 11.6 Å². The van der Waals surface area contributed by atoms with E-state index in [1.54, 1.807) is 12.1 Å². The van der Waals surface area contributed by atoms with Crippen molar-refractivity contribution in [3.05, 3.63) is 71.5 Å². The topological polar surface area (TPSA) is 12.0 Å². The van der Waals surface area contributed by atoms with Crippen LogP contribution in [0.25, 0.3) is 5.57 Å².